The molecule has 1 aliphatic rings. The fourth-order valence-electron chi connectivity index (χ4n) is 3.92. The molecule has 0 N–H and O–H groups in total. The van der Waals surface area contributed by atoms with Gasteiger partial charge >= 0.3 is 0 Å². The van der Waals surface area contributed by atoms with Gasteiger partial charge in [-0.15, -0.1) is 0 Å². The van der Waals surface area contributed by atoms with Crippen LogP contribution >= 0.6 is 56.9 Å². The molecule has 4 nitrogen and oxygen atoms in total. The molecule has 0 saturated carbocycles. The minimum atomic E-state index is -0.262. The molecule has 0 radical (unpaired) electrons. The van der Waals surface area contributed by atoms with E-state index in [4.69, 9.17) is 4.74 Å². The summed E-state index contributed by atoms with van der Waals surface area (Å²) >= 11 is 5.49. The quantitative estimate of drug-likeness (QED) is 0.152. The Kier molecular flexibility index (Phi) is 7.45. The monoisotopic (exact) mass is 703 g/mol. The molecule has 35 heavy (non-hydrogen) atoms. The lowest BCUT2D eigenvalue weighted by atomic mass is 10.0. The van der Waals surface area contributed by atoms with Crippen LogP contribution in [0.25, 0.3) is 16.8 Å². The SMILES string of the molecule is O=C1S/C(=C\c2cc(I)c(OCc3ccccc3)c(I)c2)C(=O)N1Cc1cccc2ccccc12. The Morgan fingerprint density at radius 1 is 0.857 bits per heavy atom. The highest BCUT2D eigenvalue weighted by Crippen LogP contribution is 2.36. The average Bonchev–Trinajstić information content (AvgIpc) is 3.11. The van der Waals surface area contributed by atoms with Crippen molar-refractivity contribution in [1.82, 2.24) is 4.90 Å². The Morgan fingerprint density at radius 3 is 2.31 bits per heavy atom. The average molecular weight is 703 g/mol. The van der Waals surface area contributed by atoms with Crippen LogP contribution in [0.3, 0.4) is 0 Å². The third-order valence-electron chi connectivity index (χ3n) is 5.63. The van der Waals surface area contributed by atoms with E-state index in [1.54, 1.807) is 6.08 Å². The molecule has 1 saturated heterocycles. The molecule has 174 valence electrons. The number of hydrogen-bond acceptors (Lipinski definition) is 4. The first kappa shape index (κ1) is 24.3. The van der Waals surface area contributed by atoms with Gasteiger partial charge in [-0.1, -0.05) is 72.8 Å². The van der Waals surface area contributed by atoms with E-state index in [0.29, 0.717) is 11.5 Å². The van der Waals surface area contributed by atoms with Gasteiger partial charge in [0.15, 0.2) is 0 Å². The summed E-state index contributed by atoms with van der Waals surface area (Å²) in [5, 5.41) is 1.89. The largest absolute Gasteiger partial charge is 0.487 e. The standard InChI is InChI=1S/C28H19I2NO3S/c29-23-13-19(14-24(30)26(23)34-17-18-7-2-1-3-8-18)15-25-27(32)31(28(33)35-25)16-21-11-6-10-20-9-4-5-12-22(20)21/h1-15H,16-17H2/b25-15-. The minimum absolute atomic E-state index is 0.249. The summed E-state index contributed by atoms with van der Waals surface area (Å²) in [5.74, 6) is 0.554. The molecule has 4 aromatic carbocycles. The van der Waals surface area contributed by atoms with E-state index >= 15 is 0 Å². The molecule has 0 bridgehead atoms. The Balaban J connectivity index is 1.35. The first-order valence-electron chi connectivity index (χ1n) is 10.9. The van der Waals surface area contributed by atoms with Crippen molar-refractivity contribution < 1.29 is 14.3 Å². The predicted octanol–water partition coefficient (Wildman–Crippen LogP) is 7.86. The Morgan fingerprint density at radius 2 is 1.54 bits per heavy atom. The smallest absolute Gasteiger partial charge is 0.293 e. The van der Waals surface area contributed by atoms with E-state index in [2.05, 4.69) is 45.2 Å². The van der Waals surface area contributed by atoms with Gasteiger partial charge in [0.25, 0.3) is 11.1 Å². The van der Waals surface area contributed by atoms with Crippen LogP contribution in [0.2, 0.25) is 0 Å². The summed E-state index contributed by atoms with van der Waals surface area (Å²) in [7, 11) is 0. The fourth-order valence-corrected chi connectivity index (χ4v) is 6.88. The van der Waals surface area contributed by atoms with Crippen molar-refractivity contribution in [2.45, 2.75) is 13.2 Å². The van der Waals surface area contributed by atoms with E-state index in [0.717, 1.165) is 52.1 Å². The zero-order chi connectivity index (χ0) is 24.4. The minimum Gasteiger partial charge on any atom is -0.487 e. The number of halogens is 2. The van der Waals surface area contributed by atoms with Crippen LogP contribution in [-0.4, -0.2) is 16.0 Å². The fraction of sp³-hybridized carbons (Fsp3) is 0.0714. The highest BCUT2D eigenvalue weighted by atomic mass is 127. The van der Waals surface area contributed by atoms with Crippen molar-refractivity contribution in [1.29, 1.82) is 0 Å². The normalized spacial score (nSPS) is 14.8. The maximum absolute atomic E-state index is 13.1. The van der Waals surface area contributed by atoms with Crippen molar-refractivity contribution in [2.75, 3.05) is 0 Å². The van der Waals surface area contributed by atoms with Crippen LogP contribution < -0.4 is 4.74 Å². The molecule has 1 heterocycles. The number of ether oxygens (including phenoxy) is 1. The van der Waals surface area contributed by atoms with Crippen LogP contribution in [0.1, 0.15) is 16.7 Å². The number of thioether (sulfide) groups is 1. The van der Waals surface area contributed by atoms with E-state index in [-0.39, 0.29) is 17.7 Å². The van der Waals surface area contributed by atoms with Crippen LogP contribution in [0.5, 0.6) is 5.75 Å². The molecule has 1 fully saturated rings. The molecule has 0 spiro atoms. The van der Waals surface area contributed by atoms with E-state index in [9.17, 15) is 9.59 Å². The highest BCUT2D eigenvalue weighted by molar-refractivity contribution is 14.1. The van der Waals surface area contributed by atoms with E-state index in [1.807, 2.05) is 84.9 Å². The third kappa shape index (κ3) is 5.41. The van der Waals surface area contributed by atoms with Crippen LogP contribution in [0.4, 0.5) is 4.79 Å². The van der Waals surface area contributed by atoms with Crippen molar-refractivity contribution in [3.05, 3.63) is 114 Å². The van der Waals surface area contributed by atoms with Gasteiger partial charge in [-0.25, -0.2) is 0 Å². The molecule has 5 rings (SSSR count). The topological polar surface area (TPSA) is 46.6 Å². The molecule has 0 aromatic heterocycles. The molecule has 2 amide bonds. The summed E-state index contributed by atoms with van der Waals surface area (Å²) in [5.41, 5.74) is 2.92. The lowest BCUT2D eigenvalue weighted by molar-refractivity contribution is -0.123. The maximum atomic E-state index is 13.1. The zero-order valence-corrected chi connectivity index (χ0v) is 23.5. The number of amides is 2. The van der Waals surface area contributed by atoms with Crippen molar-refractivity contribution in [2.24, 2.45) is 0 Å². The van der Waals surface area contributed by atoms with E-state index < -0.39 is 0 Å². The maximum Gasteiger partial charge on any atom is 0.293 e. The van der Waals surface area contributed by atoms with Gasteiger partial charge in [-0.05, 0) is 103 Å². The summed E-state index contributed by atoms with van der Waals surface area (Å²) < 4.78 is 7.97. The Hall–Kier alpha value is -2.37. The summed E-state index contributed by atoms with van der Waals surface area (Å²) in [6.45, 7) is 0.740. The lowest BCUT2D eigenvalue weighted by Crippen LogP contribution is -2.27. The first-order valence-corrected chi connectivity index (χ1v) is 13.8. The molecule has 1 aliphatic heterocycles. The molecule has 4 aromatic rings. The first-order chi connectivity index (χ1) is 17.0. The van der Waals surface area contributed by atoms with Crippen LogP contribution in [0.15, 0.2) is 89.8 Å². The number of rotatable bonds is 6. The Bertz CT molecular complexity index is 1440. The lowest BCUT2D eigenvalue weighted by Gasteiger charge is -2.14. The molecule has 0 unspecified atom stereocenters. The number of carbonyl (C=O) groups excluding carboxylic acids is 2. The second kappa shape index (κ2) is 10.7. The van der Waals surface area contributed by atoms with Gasteiger partial charge in [0.2, 0.25) is 0 Å². The third-order valence-corrected chi connectivity index (χ3v) is 8.14. The van der Waals surface area contributed by atoms with Crippen LogP contribution in [-0.2, 0) is 17.9 Å². The van der Waals surface area contributed by atoms with Gasteiger partial charge in [0.05, 0.1) is 18.6 Å². The van der Waals surface area contributed by atoms with Gasteiger partial charge in [-0.2, -0.15) is 0 Å². The molecule has 0 atom stereocenters. The molecule has 7 heteroatoms. The van der Waals surface area contributed by atoms with Crippen molar-refractivity contribution in [3.63, 3.8) is 0 Å². The van der Waals surface area contributed by atoms with E-state index in [1.165, 1.54) is 4.90 Å². The van der Waals surface area contributed by atoms with Gasteiger partial charge < -0.3 is 4.74 Å². The molecular weight excluding hydrogens is 684 g/mol. The summed E-state index contributed by atoms with van der Waals surface area (Å²) in [6, 6.07) is 27.9. The summed E-state index contributed by atoms with van der Waals surface area (Å²) in [6.07, 6.45) is 1.79. The van der Waals surface area contributed by atoms with Crippen molar-refractivity contribution >= 4 is 84.9 Å². The van der Waals surface area contributed by atoms with Gasteiger partial charge in [0, 0.05) is 0 Å². The predicted molar refractivity (Wildman–Crippen MR) is 158 cm³/mol. The van der Waals surface area contributed by atoms with Gasteiger partial charge in [0.1, 0.15) is 12.4 Å². The van der Waals surface area contributed by atoms with Crippen molar-refractivity contribution in [3.8, 4) is 5.75 Å². The number of carbonyl (C=O) groups is 2. The number of nitrogens with zero attached hydrogens (tertiary/aromatic N) is 1. The highest BCUT2D eigenvalue weighted by Gasteiger charge is 2.35. The molecule has 0 aliphatic carbocycles. The number of benzene rings is 4. The summed E-state index contributed by atoms with van der Waals surface area (Å²) in [4.78, 5) is 27.6. The zero-order valence-electron chi connectivity index (χ0n) is 18.4. The van der Waals surface area contributed by atoms with Crippen LogP contribution in [0, 0.1) is 7.14 Å². The second-order valence-corrected chi connectivity index (χ2v) is 11.3. The molecular formula is C28H19I2NO3S. The Labute approximate surface area is 235 Å². The number of imide groups is 1. The number of hydrogen-bond donors (Lipinski definition) is 0. The second-order valence-electron chi connectivity index (χ2n) is 7.99. The number of fused-ring (bicyclic) bond motifs is 1. The van der Waals surface area contributed by atoms with Gasteiger partial charge in [-0.3, -0.25) is 14.5 Å².